The maximum atomic E-state index is 12.5. The molecule has 26 heavy (non-hydrogen) atoms. The molecule has 0 aromatic rings. The van der Waals surface area contributed by atoms with Gasteiger partial charge >= 0.3 is 6.18 Å². The second-order valence-electron chi connectivity index (χ2n) is 6.90. The number of halogens is 3. The van der Waals surface area contributed by atoms with Crippen molar-refractivity contribution in [2.75, 3.05) is 51.7 Å². The Morgan fingerprint density at radius 2 is 2.04 bits per heavy atom. The number of likely N-dealkylation sites (tertiary alicyclic amines) is 1. The molecule has 0 spiro atoms. The van der Waals surface area contributed by atoms with E-state index in [2.05, 4.69) is 17.6 Å². The molecule has 0 bridgehead atoms. The van der Waals surface area contributed by atoms with Crippen LogP contribution in [0.25, 0.3) is 0 Å². The lowest BCUT2D eigenvalue weighted by Gasteiger charge is -2.35. The Balaban J connectivity index is 1.92. The first-order valence-corrected chi connectivity index (χ1v) is 10.4. The molecule has 0 aromatic heterocycles. The molecule has 2 fully saturated rings. The SMILES string of the molecule is CCNC(=NCC1(SCC)CCOCC1)NC1CCN(CC(F)(F)F)C1. The van der Waals surface area contributed by atoms with E-state index < -0.39 is 12.7 Å². The van der Waals surface area contributed by atoms with Gasteiger partial charge in [-0.1, -0.05) is 6.92 Å². The molecule has 9 heteroatoms. The summed E-state index contributed by atoms with van der Waals surface area (Å²) in [5.41, 5.74) is 0. The lowest BCUT2D eigenvalue weighted by molar-refractivity contribution is -0.143. The van der Waals surface area contributed by atoms with Gasteiger partial charge in [-0.2, -0.15) is 24.9 Å². The number of nitrogens with one attached hydrogen (secondary N) is 2. The van der Waals surface area contributed by atoms with Crippen LogP contribution >= 0.6 is 11.8 Å². The second-order valence-corrected chi connectivity index (χ2v) is 8.64. The Labute approximate surface area is 158 Å². The molecule has 1 atom stereocenters. The van der Waals surface area contributed by atoms with E-state index in [4.69, 9.17) is 9.73 Å². The van der Waals surface area contributed by atoms with Crippen LogP contribution in [0, 0.1) is 0 Å². The Morgan fingerprint density at radius 3 is 2.65 bits per heavy atom. The molecule has 0 saturated carbocycles. The molecule has 2 N–H and O–H groups in total. The molecule has 0 radical (unpaired) electrons. The van der Waals surface area contributed by atoms with E-state index in [0.29, 0.717) is 32.0 Å². The molecule has 5 nitrogen and oxygen atoms in total. The quantitative estimate of drug-likeness (QED) is 0.512. The number of hydrogen-bond donors (Lipinski definition) is 2. The van der Waals surface area contributed by atoms with Crippen molar-refractivity contribution >= 4 is 17.7 Å². The fraction of sp³-hybridized carbons (Fsp3) is 0.941. The second kappa shape index (κ2) is 10.0. The summed E-state index contributed by atoms with van der Waals surface area (Å²) >= 11 is 1.93. The number of aliphatic imine (C=N–C) groups is 1. The van der Waals surface area contributed by atoms with Crippen LogP contribution in [0.3, 0.4) is 0 Å². The van der Waals surface area contributed by atoms with Gasteiger partial charge in [0.15, 0.2) is 5.96 Å². The number of nitrogens with zero attached hydrogens (tertiary/aromatic N) is 2. The van der Waals surface area contributed by atoms with Gasteiger partial charge < -0.3 is 15.4 Å². The first kappa shape index (κ1) is 21.6. The molecule has 152 valence electrons. The molecule has 0 aliphatic carbocycles. The molecular formula is C17H31F3N4OS. The summed E-state index contributed by atoms with van der Waals surface area (Å²) in [6.45, 7) is 7.12. The number of ether oxygens (including phenoxy) is 1. The highest BCUT2D eigenvalue weighted by Gasteiger charge is 2.35. The summed E-state index contributed by atoms with van der Waals surface area (Å²) in [7, 11) is 0. The Hall–Kier alpha value is -0.670. The van der Waals surface area contributed by atoms with E-state index in [1.54, 1.807) is 0 Å². The molecule has 0 aromatic carbocycles. The van der Waals surface area contributed by atoms with Crippen LogP contribution in [0.1, 0.15) is 33.1 Å². The third-order valence-corrected chi connectivity index (χ3v) is 6.18. The van der Waals surface area contributed by atoms with E-state index in [0.717, 1.165) is 38.4 Å². The van der Waals surface area contributed by atoms with Crippen LogP contribution < -0.4 is 10.6 Å². The van der Waals surface area contributed by atoms with Crippen LogP contribution in [0.2, 0.25) is 0 Å². The first-order valence-electron chi connectivity index (χ1n) is 9.41. The topological polar surface area (TPSA) is 48.9 Å². The lowest BCUT2D eigenvalue weighted by Crippen LogP contribution is -2.46. The van der Waals surface area contributed by atoms with E-state index in [9.17, 15) is 13.2 Å². The zero-order chi connectivity index (χ0) is 19.0. The van der Waals surface area contributed by atoms with Crippen molar-refractivity contribution in [3.05, 3.63) is 0 Å². The summed E-state index contributed by atoms with van der Waals surface area (Å²) in [6.07, 6.45) is -1.47. The summed E-state index contributed by atoms with van der Waals surface area (Å²) < 4.78 is 43.2. The minimum Gasteiger partial charge on any atom is -0.381 e. The third kappa shape index (κ3) is 7.15. The van der Waals surface area contributed by atoms with E-state index >= 15 is 0 Å². The zero-order valence-corrected chi connectivity index (χ0v) is 16.5. The van der Waals surface area contributed by atoms with Crippen LogP contribution in [0.5, 0.6) is 0 Å². The highest BCUT2D eigenvalue weighted by Crippen LogP contribution is 2.35. The van der Waals surface area contributed by atoms with Crippen LogP contribution in [-0.4, -0.2) is 79.5 Å². The average Bonchev–Trinajstić information content (AvgIpc) is 2.99. The molecule has 1 unspecified atom stereocenters. The van der Waals surface area contributed by atoms with Gasteiger partial charge in [0.1, 0.15) is 0 Å². The predicted octanol–water partition coefficient (Wildman–Crippen LogP) is 2.48. The summed E-state index contributed by atoms with van der Waals surface area (Å²) in [5, 5.41) is 6.55. The van der Waals surface area contributed by atoms with Gasteiger partial charge in [-0.3, -0.25) is 9.89 Å². The van der Waals surface area contributed by atoms with Crippen molar-refractivity contribution in [1.29, 1.82) is 0 Å². The maximum Gasteiger partial charge on any atom is 0.401 e. The van der Waals surface area contributed by atoms with E-state index in [1.165, 1.54) is 4.90 Å². The molecule has 2 aliphatic rings. The van der Waals surface area contributed by atoms with Gasteiger partial charge in [-0.25, -0.2) is 0 Å². The monoisotopic (exact) mass is 396 g/mol. The van der Waals surface area contributed by atoms with Crippen molar-refractivity contribution in [3.8, 4) is 0 Å². The predicted molar refractivity (Wildman–Crippen MR) is 101 cm³/mol. The van der Waals surface area contributed by atoms with Crippen molar-refractivity contribution in [1.82, 2.24) is 15.5 Å². The molecule has 2 aliphatic heterocycles. The van der Waals surface area contributed by atoms with Gasteiger partial charge in [0, 0.05) is 43.6 Å². The van der Waals surface area contributed by atoms with Crippen molar-refractivity contribution in [3.63, 3.8) is 0 Å². The Morgan fingerprint density at radius 1 is 1.31 bits per heavy atom. The Kier molecular flexibility index (Phi) is 8.35. The first-order chi connectivity index (χ1) is 12.4. The van der Waals surface area contributed by atoms with E-state index in [-0.39, 0.29) is 10.8 Å². The van der Waals surface area contributed by atoms with Gasteiger partial charge in [0.2, 0.25) is 0 Å². The molecule has 2 saturated heterocycles. The number of guanidine groups is 1. The van der Waals surface area contributed by atoms with Crippen LogP contribution in [0.4, 0.5) is 13.2 Å². The summed E-state index contributed by atoms with van der Waals surface area (Å²) in [5.74, 6) is 1.74. The highest BCUT2D eigenvalue weighted by atomic mass is 32.2. The van der Waals surface area contributed by atoms with Gasteiger partial charge in [0.05, 0.1) is 13.1 Å². The Bertz CT molecular complexity index is 450. The van der Waals surface area contributed by atoms with E-state index in [1.807, 2.05) is 18.7 Å². The third-order valence-electron chi connectivity index (χ3n) is 4.74. The van der Waals surface area contributed by atoms with Crippen LogP contribution in [-0.2, 0) is 4.74 Å². The van der Waals surface area contributed by atoms with Gasteiger partial charge in [-0.15, -0.1) is 0 Å². The lowest BCUT2D eigenvalue weighted by atomic mass is 9.99. The fourth-order valence-electron chi connectivity index (χ4n) is 3.48. The summed E-state index contributed by atoms with van der Waals surface area (Å²) in [4.78, 5) is 6.22. The van der Waals surface area contributed by atoms with Crippen LogP contribution in [0.15, 0.2) is 4.99 Å². The van der Waals surface area contributed by atoms with Gasteiger partial charge in [0.25, 0.3) is 0 Å². The minimum atomic E-state index is -4.14. The van der Waals surface area contributed by atoms with Gasteiger partial charge in [-0.05, 0) is 31.9 Å². The van der Waals surface area contributed by atoms with Crippen molar-refractivity contribution in [2.45, 2.75) is 50.1 Å². The molecule has 2 heterocycles. The normalized spacial score (nSPS) is 24.7. The molecule has 0 amide bonds. The van der Waals surface area contributed by atoms with Crippen molar-refractivity contribution in [2.24, 2.45) is 4.99 Å². The molecule has 2 rings (SSSR count). The smallest absolute Gasteiger partial charge is 0.381 e. The zero-order valence-electron chi connectivity index (χ0n) is 15.7. The average molecular weight is 397 g/mol. The number of alkyl halides is 3. The fourth-order valence-corrected chi connectivity index (χ4v) is 4.71. The minimum absolute atomic E-state index is 0.000354. The highest BCUT2D eigenvalue weighted by molar-refractivity contribution is 8.00. The maximum absolute atomic E-state index is 12.5. The largest absolute Gasteiger partial charge is 0.401 e. The number of thioether (sulfide) groups is 1. The number of hydrogen-bond acceptors (Lipinski definition) is 4. The standard InChI is InChI=1S/C17H31F3N4OS/c1-3-21-15(22-12-16(26-4-2)6-9-25-10-7-16)23-14-5-8-24(11-14)13-17(18,19)20/h14H,3-13H2,1-2H3,(H2,21,22,23). The number of rotatable bonds is 7. The van der Waals surface area contributed by atoms with Crippen molar-refractivity contribution < 1.29 is 17.9 Å². The molecular weight excluding hydrogens is 365 g/mol. The summed E-state index contributed by atoms with van der Waals surface area (Å²) in [6, 6.07) is -0.000354.